The quantitative estimate of drug-likeness (QED) is 0.849. The largest absolute Gasteiger partial charge is 0.379 e. The van der Waals surface area contributed by atoms with Gasteiger partial charge >= 0.3 is 0 Å². The first-order chi connectivity index (χ1) is 8.15. The van der Waals surface area contributed by atoms with Crippen LogP contribution in [0.5, 0.6) is 0 Å². The summed E-state index contributed by atoms with van der Waals surface area (Å²) in [6, 6.07) is 5.95. The molecule has 1 aromatic rings. The molecule has 0 spiro atoms. The molecule has 0 amide bonds. The molecule has 0 saturated heterocycles. The number of nitrogens with one attached hydrogen (secondary N) is 1. The van der Waals surface area contributed by atoms with Crippen LogP contribution < -0.4 is 5.32 Å². The number of ether oxygens (including phenoxy) is 1. The number of hydrogen-bond donors (Lipinski definition) is 1. The smallest absolute Gasteiger partial charge is 0.0766 e. The lowest BCUT2D eigenvalue weighted by Crippen LogP contribution is -2.31. The molecule has 2 atom stereocenters. The monoisotopic (exact) mass is 319 g/mol. The molecule has 0 saturated carbocycles. The molecule has 1 N–H and O–H groups in total. The fourth-order valence-electron chi connectivity index (χ4n) is 2.03. The molecule has 17 heavy (non-hydrogen) atoms. The summed E-state index contributed by atoms with van der Waals surface area (Å²) >= 11 is 9.84. The Balaban J connectivity index is 3.07. The Kier molecular flexibility index (Phi) is 6.49. The fraction of sp³-hybridized carbons (Fsp3) is 0.538. The van der Waals surface area contributed by atoms with Crippen LogP contribution in [0.4, 0.5) is 0 Å². The third-order valence-electron chi connectivity index (χ3n) is 2.87. The summed E-state index contributed by atoms with van der Waals surface area (Å²) in [6.45, 7) is 2.15. The van der Waals surface area contributed by atoms with E-state index in [-0.39, 0.29) is 12.1 Å². The molecule has 0 radical (unpaired) electrons. The van der Waals surface area contributed by atoms with Gasteiger partial charge in [-0.2, -0.15) is 0 Å². The predicted molar refractivity (Wildman–Crippen MR) is 76.7 cm³/mol. The maximum absolute atomic E-state index is 6.28. The van der Waals surface area contributed by atoms with Gasteiger partial charge in [-0.25, -0.2) is 0 Å². The average Bonchev–Trinajstić information content (AvgIpc) is 2.32. The number of benzene rings is 1. The Hall–Kier alpha value is -0.0900. The first-order valence-corrected chi connectivity index (χ1v) is 6.96. The van der Waals surface area contributed by atoms with E-state index < -0.39 is 0 Å². The van der Waals surface area contributed by atoms with Crippen molar-refractivity contribution in [3.05, 3.63) is 33.3 Å². The van der Waals surface area contributed by atoms with E-state index in [2.05, 4.69) is 28.2 Å². The summed E-state index contributed by atoms with van der Waals surface area (Å²) in [5.74, 6) is 0. The molecule has 2 nitrogen and oxygen atoms in total. The summed E-state index contributed by atoms with van der Waals surface area (Å²) in [5.41, 5.74) is 1.07. The van der Waals surface area contributed by atoms with Gasteiger partial charge in [-0.3, -0.25) is 0 Å². The van der Waals surface area contributed by atoms with Crippen LogP contribution in [0.3, 0.4) is 0 Å². The minimum atomic E-state index is 0.100. The molecule has 0 aliphatic heterocycles. The van der Waals surface area contributed by atoms with Gasteiger partial charge in [0.05, 0.1) is 12.1 Å². The Bertz CT molecular complexity index is 339. The molecular weight excluding hydrogens is 302 g/mol. The molecule has 0 aliphatic rings. The molecule has 4 heteroatoms. The van der Waals surface area contributed by atoms with Crippen molar-refractivity contribution in [2.75, 3.05) is 14.2 Å². The second-order valence-electron chi connectivity index (χ2n) is 3.96. The summed E-state index contributed by atoms with van der Waals surface area (Å²) in [4.78, 5) is 0. The molecule has 2 unspecified atom stereocenters. The van der Waals surface area contributed by atoms with E-state index in [4.69, 9.17) is 16.3 Å². The van der Waals surface area contributed by atoms with Gasteiger partial charge in [0.1, 0.15) is 0 Å². The first kappa shape index (κ1) is 15.0. The SMILES string of the molecule is CCCC(OC)C(NC)c1c(Cl)cccc1Br. The molecule has 1 rings (SSSR count). The first-order valence-electron chi connectivity index (χ1n) is 5.79. The molecular formula is C13H19BrClNO. The molecule has 1 aromatic carbocycles. The van der Waals surface area contributed by atoms with E-state index >= 15 is 0 Å². The van der Waals surface area contributed by atoms with Gasteiger partial charge in [0, 0.05) is 22.2 Å². The van der Waals surface area contributed by atoms with Crippen LogP contribution in [0.25, 0.3) is 0 Å². The highest BCUT2D eigenvalue weighted by Gasteiger charge is 2.24. The lowest BCUT2D eigenvalue weighted by atomic mass is 9.98. The lowest BCUT2D eigenvalue weighted by Gasteiger charge is -2.27. The molecule has 0 fully saturated rings. The lowest BCUT2D eigenvalue weighted by molar-refractivity contribution is 0.0628. The molecule has 96 valence electrons. The highest BCUT2D eigenvalue weighted by molar-refractivity contribution is 9.10. The summed E-state index contributed by atoms with van der Waals surface area (Å²) < 4.78 is 6.58. The van der Waals surface area contributed by atoms with Crippen molar-refractivity contribution in [2.45, 2.75) is 31.9 Å². The standard InChI is InChI=1S/C13H19BrClNO/c1-4-6-11(17-3)13(16-2)12-9(14)7-5-8-10(12)15/h5,7-8,11,13,16H,4,6H2,1-3H3. The van der Waals surface area contributed by atoms with Crippen molar-refractivity contribution in [1.82, 2.24) is 5.32 Å². The maximum Gasteiger partial charge on any atom is 0.0766 e. The second-order valence-corrected chi connectivity index (χ2v) is 5.23. The van der Waals surface area contributed by atoms with Gasteiger partial charge in [-0.05, 0) is 25.6 Å². The zero-order chi connectivity index (χ0) is 12.8. The topological polar surface area (TPSA) is 21.3 Å². The fourth-order valence-corrected chi connectivity index (χ4v) is 3.05. The third kappa shape index (κ3) is 3.68. The van der Waals surface area contributed by atoms with Crippen LogP contribution in [0.2, 0.25) is 5.02 Å². The van der Waals surface area contributed by atoms with Crippen LogP contribution in [0, 0.1) is 0 Å². The van der Waals surface area contributed by atoms with Crippen molar-refractivity contribution >= 4 is 27.5 Å². The predicted octanol–water partition coefficient (Wildman–Crippen LogP) is 4.18. The maximum atomic E-state index is 6.28. The van der Waals surface area contributed by atoms with Crippen LogP contribution in [0.1, 0.15) is 31.4 Å². The summed E-state index contributed by atoms with van der Waals surface area (Å²) in [7, 11) is 3.68. The molecule has 0 heterocycles. The number of rotatable bonds is 6. The van der Waals surface area contributed by atoms with E-state index in [0.717, 1.165) is 27.9 Å². The van der Waals surface area contributed by atoms with E-state index in [1.165, 1.54) is 0 Å². The van der Waals surface area contributed by atoms with Crippen LogP contribution in [0.15, 0.2) is 22.7 Å². The normalized spacial score (nSPS) is 14.6. The molecule has 0 aliphatic carbocycles. The Morgan fingerprint density at radius 2 is 2.18 bits per heavy atom. The second kappa shape index (κ2) is 7.37. The number of methoxy groups -OCH3 is 1. The Morgan fingerprint density at radius 3 is 2.65 bits per heavy atom. The summed E-state index contributed by atoms with van der Waals surface area (Å²) in [5, 5.41) is 4.06. The van der Waals surface area contributed by atoms with Crippen LogP contribution >= 0.6 is 27.5 Å². The van der Waals surface area contributed by atoms with E-state index in [1.807, 2.05) is 25.2 Å². The average molecular weight is 321 g/mol. The van der Waals surface area contributed by atoms with Gasteiger partial charge in [0.15, 0.2) is 0 Å². The van der Waals surface area contributed by atoms with Crippen molar-refractivity contribution < 1.29 is 4.74 Å². The van der Waals surface area contributed by atoms with Crippen LogP contribution in [-0.4, -0.2) is 20.3 Å². The van der Waals surface area contributed by atoms with Crippen molar-refractivity contribution in [2.24, 2.45) is 0 Å². The minimum Gasteiger partial charge on any atom is -0.379 e. The van der Waals surface area contributed by atoms with E-state index in [9.17, 15) is 0 Å². The zero-order valence-electron chi connectivity index (χ0n) is 10.5. The number of likely N-dealkylation sites (N-methyl/N-ethyl adjacent to an activating group) is 1. The summed E-state index contributed by atoms with van der Waals surface area (Å²) in [6.07, 6.45) is 2.21. The van der Waals surface area contributed by atoms with Gasteiger partial charge in [0.25, 0.3) is 0 Å². The Morgan fingerprint density at radius 1 is 1.47 bits per heavy atom. The van der Waals surface area contributed by atoms with Crippen molar-refractivity contribution in [1.29, 1.82) is 0 Å². The van der Waals surface area contributed by atoms with Crippen molar-refractivity contribution in [3.63, 3.8) is 0 Å². The van der Waals surface area contributed by atoms with Gasteiger partial charge in [0.2, 0.25) is 0 Å². The van der Waals surface area contributed by atoms with Crippen molar-refractivity contribution in [3.8, 4) is 0 Å². The zero-order valence-corrected chi connectivity index (χ0v) is 12.8. The Labute approximate surface area is 117 Å². The van der Waals surface area contributed by atoms with Crippen LogP contribution in [-0.2, 0) is 4.74 Å². The van der Waals surface area contributed by atoms with Gasteiger partial charge in [-0.1, -0.05) is 46.9 Å². The molecule has 0 aromatic heterocycles. The highest BCUT2D eigenvalue weighted by Crippen LogP contribution is 2.34. The van der Waals surface area contributed by atoms with Gasteiger partial charge < -0.3 is 10.1 Å². The number of halogens is 2. The highest BCUT2D eigenvalue weighted by atomic mass is 79.9. The third-order valence-corrected chi connectivity index (χ3v) is 3.89. The van der Waals surface area contributed by atoms with E-state index in [0.29, 0.717) is 0 Å². The van der Waals surface area contributed by atoms with Gasteiger partial charge in [-0.15, -0.1) is 0 Å². The number of hydrogen-bond acceptors (Lipinski definition) is 2. The van der Waals surface area contributed by atoms with E-state index in [1.54, 1.807) is 7.11 Å². The molecule has 0 bridgehead atoms. The minimum absolute atomic E-state index is 0.100.